The highest BCUT2D eigenvalue weighted by Crippen LogP contribution is 2.26. The SMILES string of the molecule is Nc1nc(SCc2cc(F)ccc2[N+](=O)[O-])n[nH]1. The zero-order valence-electron chi connectivity index (χ0n) is 8.96. The molecular formula is C9H8FN5O2S. The highest BCUT2D eigenvalue weighted by atomic mass is 32.2. The third-order valence-electron chi connectivity index (χ3n) is 2.08. The molecule has 0 fully saturated rings. The molecule has 0 amide bonds. The zero-order valence-corrected chi connectivity index (χ0v) is 9.78. The van der Waals surface area contributed by atoms with E-state index in [4.69, 9.17) is 5.73 Å². The Morgan fingerprint density at radius 2 is 2.33 bits per heavy atom. The number of thioether (sulfide) groups is 1. The van der Waals surface area contributed by atoms with Gasteiger partial charge in [-0.2, -0.15) is 4.98 Å². The van der Waals surface area contributed by atoms with E-state index in [-0.39, 0.29) is 23.0 Å². The first-order valence-corrected chi connectivity index (χ1v) is 5.78. The van der Waals surface area contributed by atoms with Crippen molar-refractivity contribution < 1.29 is 9.31 Å². The highest BCUT2D eigenvalue weighted by Gasteiger charge is 2.15. The maximum atomic E-state index is 13.1. The Hall–Kier alpha value is -2.16. The number of benzene rings is 1. The van der Waals surface area contributed by atoms with E-state index < -0.39 is 10.7 Å². The first-order valence-electron chi connectivity index (χ1n) is 4.80. The molecule has 0 aliphatic carbocycles. The van der Waals surface area contributed by atoms with Crippen molar-refractivity contribution in [2.24, 2.45) is 0 Å². The monoisotopic (exact) mass is 269 g/mol. The molecule has 7 nitrogen and oxygen atoms in total. The molecule has 0 unspecified atom stereocenters. The van der Waals surface area contributed by atoms with Gasteiger partial charge in [-0.1, -0.05) is 11.8 Å². The second-order valence-corrected chi connectivity index (χ2v) is 4.26. The Morgan fingerprint density at radius 3 is 2.94 bits per heavy atom. The third kappa shape index (κ3) is 2.74. The van der Waals surface area contributed by atoms with Gasteiger partial charge >= 0.3 is 0 Å². The maximum Gasteiger partial charge on any atom is 0.273 e. The summed E-state index contributed by atoms with van der Waals surface area (Å²) >= 11 is 1.13. The van der Waals surface area contributed by atoms with Crippen molar-refractivity contribution in [1.29, 1.82) is 0 Å². The summed E-state index contributed by atoms with van der Waals surface area (Å²) in [5.41, 5.74) is 5.48. The number of aromatic nitrogens is 3. The van der Waals surface area contributed by atoms with E-state index in [0.717, 1.165) is 30.0 Å². The van der Waals surface area contributed by atoms with E-state index in [2.05, 4.69) is 15.2 Å². The van der Waals surface area contributed by atoms with Crippen LogP contribution in [0.5, 0.6) is 0 Å². The van der Waals surface area contributed by atoms with Crippen molar-refractivity contribution in [3.8, 4) is 0 Å². The van der Waals surface area contributed by atoms with Crippen LogP contribution in [0, 0.1) is 15.9 Å². The van der Waals surface area contributed by atoms with Crippen LogP contribution >= 0.6 is 11.8 Å². The first kappa shape index (κ1) is 12.3. The number of nitrogens with zero attached hydrogens (tertiary/aromatic N) is 3. The lowest BCUT2D eigenvalue weighted by Gasteiger charge is -2.01. The smallest absolute Gasteiger partial charge is 0.273 e. The molecule has 0 aliphatic rings. The largest absolute Gasteiger partial charge is 0.368 e. The summed E-state index contributed by atoms with van der Waals surface area (Å²) in [6.45, 7) is 0. The fraction of sp³-hybridized carbons (Fsp3) is 0.111. The van der Waals surface area contributed by atoms with Gasteiger partial charge in [0.15, 0.2) is 0 Å². The number of nitro groups is 1. The number of rotatable bonds is 4. The number of aromatic amines is 1. The summed E-state index contributed by atoms with van der Waals surface area (Å²) in [6.07, 6.45) is 0. The quantitative estimate of drug-likeness (QED) is 0.496. The van der Waals surface area contributed by atoms with Crippen LogP contribution in [0.4, 0.5) is 16.0 Å². The maximum absolute atomic E-state index is 13.1. The molecule has 0 spiro atoms. The normalized spacial score (nSPS) is 10.5. The fourth-order valence-corrected chi connectivity index (χ4v) is 2.10. The number of halogens is 1. The van der Waals surface area contributed by atoms with Crippen molar-refractivity contribution in [3.63, 3.8) is 0 Å². The number of hydrogen-bond donors (Lipinski definition) is 2. The van der Waals surface area contributed by atoms with E-state index in [1.165, 1.54) is 0 Å². The molecule has 0 radical (unpaired) electrons. The Bertz CT molecular complexity index is 588. The second kappa shape index (κ2) is 5.00. The lowest BCUT2D eigenvalue weighted by Crippen LogP contribution is -1.95. The van der Waals surface area contributed by atoms with Gasteiger partial charge in [0.25, 0.3) is 5.69 Å². The number of nitrogens with one attached hydrogen (secondary N) is 1. The molecule has 3 N–H and O–H groups in total. The number of nitrogens with two attached hydrogens (primary N) is 1. The van der Waals surface area contributed by atoms with Gasteiger partial charge in [0.1, 0.15) is 5.82 Å². The molecule has 1 aromatic heterocycles. The zero-order chi connectivity index (χ0) is 13.1. The fourth-order valence-electron chi connectivity index (χ4n) is 1.31. The van der Waals surface area contributed by atoms with Crippen LogP contribution in [0.15, 0.2) is 23.4 Å². The first-order chi connectivity index (χ1) is 8.56. The lowest BCUT2D eigenvalue weighted by molar-refractivity contribution is -0.385. The van der Waals surface area contributed by atoms with Gasteiger partial charge in [0.05, 0.1) is 4.92 Å². The van der Waals surface area contributed by atoms with E-state index in [1.54, 1.807) is 0 Å². The van der Waals surface area contributed by atoms with Crippen molar-refractivity contribution in [2.75, 3.05) is 5.73 Å². The lowest BCUT2D eigenvalue weighted by atomic mass is 10.2. The van der Waals surface area contributed by atoms with E-state index in [9.17, 15) is 14.5 Å². The summed E-state index contributed by atoms with van der Waals surface area (Å²) in [4.78, 5) is 14.0. The number of nitro benzene ring substituents is 1. The molecule has 18 heavy (non-hydrogen) atoms. The van der Waals surface area contributed by atoms with Crippen LogP contribution in [0.25, 0.3) is 0 Å². The van der Waals surface area contributed by atoms with E-state index in [0.29, 0.717) is 5.16 Å². The van der Waals surface area contributed by atoms with Crippen molar-refractivity contribution in [3.05, 3.63) is 39.7 Å². The van der Waals surface area contributed by atoms with Gasteiger partial charge in [0, 0.05) is 17.4 Å². The third-order valence-corrected chi connectivity index (χ3v) is 2.97. The predicted octanol–water partition coefficient (Wildman–Crippen LogP) is 1.73. The van der Waals surface area contributed by atoms with Crippen LogP contribution in [0.1, 0.15) is 5.56 Å². The summed E-state index contributed by atoms with van der Waals surface area (Å²) in [7, 11) is 0. The van der Waals surface area contributed by atoms with Crippen LogP contribution < -0.4 is 5.73 Å². The number of hydrogen-bond acceptors (Lipinski definition) is 6. The summed E-state index contributed by atoms with van der Waals surface area (Å²) in [5.74, 6) is -0.178. The van der Waals surface area contributed by atoms with Crippen LogP contribution in [0.2, 0.25) is 0 Å². The van der Waals surface area contributed by atoms with E-state index in [1.807, 2.05) is 0 Å². The van der Waals surface area contributed by atoms with Crippen molar-refractivity contribution in [2.45, 2.75) is 10.9 Å². The van der Waals surface area contributed by atoms with Crippen LogP contribution in [0.3, 0.4) is 0 Å². The molecule has 1 aromatic carbocycles. The van der Waals surface area contributed by atoms with Crippen molar-refractivity contribution in [1.82, 2.24) is 15.2 Å². The summed E-state index contributed by atoms with van der Waals surface area (Å²) < 4.78 is 13.1. The van der Waals surface area contributed by atoms with E-state index >= 15 is 0 Å². The van der Waals surface area contributed by atoms with Crippen LogP contribution in [-0.4, -0.2) is 20.1 Å². The molecule has 0 aliphatic heterocycles. The number of anilines is 1. The average molecular weight is 269 g/mol. The molecule has 0 bridgehead atoms. The Labute approximate surface area is 105 Å². The Kier molecular flexibility index (Phi) is 3.42. The van der Waals surface area contributed by atoms with Gasteiger partial charge in [0.2, 0.25) is 11.1 Å². The highest BCUT2D eigenvalue weighted by molar-refractivity contribution is 7.98. The molecule has 0 saturated heterocycles. The molecule has 9 heteroatoms. The Morgan fingerprint density at radius 1 is 1.56 bits per heavy atom. The van der Waals surface area contributed by atoms with Crippen LogP contribution in [-0.2, 0) is 5.75 Å². The van der Waals surface area contributed by atoms with Gasteiger partial charge in [-0.15, -0.1) is 5.10 Å². The molecule has 2 aromatic rings. The second-order valence-electron chi connectivity index (χ2n) is 3.32. The summed E-state index contributed by atoms with van der Waals surface area (Å²) in [6, 6.07) is 3.32. The molecule has 94 valence electrons. The van der Waals surface area contributed by atoms with Gasteiger partial charge in [-0.25, -0.2) is 9.49 Å². The molecule has 0 saturated carbocycles. The number of H-pyrrole nitrogens is 1. The van der Waals surface area contributed by atoms with Gasteiger partial charge in [-0.05, 0) is 12.1 Å². The molecule has 0 atom stereocenters. The van der Waals surface area contributed by atoms with Gasteiger partial charge in [-0.3, -0.25) is 10.1 Å². The topological polar surface area (TPSA) is 111 Å². The molecule has 2 rings (SSSR count). The minimum Gasteiger partial charge on any atom is -0.368 e. The van der Waals surface area contributed by atoms with Gasteiger partial charge < -0.3 is 5.73 Å². The Balaban J connectivity index is 2.17. The summed E-state index contributed by atoms with van der Waals surface area (Å²) in [5, 5.41) is 17.3. The average Bonchev–Trinajstić information content (AvgIpc) is 2.72. The number of nitrogen functional groups attached to an aromatic ring is 1. The van der Waals surface area contributed by atoms with Crippen molar-refractivity contribution >= 4 is 23.4 Å². The molecular weight excluding hydrogens is 261 g/mol. The predicted molar refractivity (Wildman–Crippen MR) is 63.4 cm³/mol. The standard InChI is InChI=1S/C9H8FN5O2S/c10-6-1-2-7(15(16)17)5(3-6)4-18-9-12-8(11)13-14-9/h1-3H,4H2,(H3,11,12,13,14). The minimum absolute atomic E-state index is 0.132. The molecule has 1 heterocycles. The minimum atomic E-state index is -0.554.